The molecule has 17 heavy (non-hydrogen) atoms. The minimum atomic E-state index is 0.0430. The molecule has 0 aliphatic carbocycles. The summed E-state index contributed by atoms with van der Waals surface area (Å²) in [6.07, 6.45) is 3.48. The summed E-state index contributed by atoms with van der Waals surface area (Å²) in [6.45, 7) is 4.23. The topological polar surface area (TPSA) is 56.3 Å². The van der Waals surface area contributed by atoms with E-state index in [0.29, 0.717) is 23.5 Å². The second kappa shape index (κ2) is 6.02. The summed E-state index contributed by atoms with van der Waals surface area (Å²) in [4.78, 5) is 8.33. The Balaban J connectivity index is 2.03. The summed E-state index contributed by atoms with van der Waals surface area (Å²) in [5.41, 5.74) is 0. The van der Waals surface area contributed by atoms with E-state index in [0.717, 1.165) is 26.0 Å². The highest BCUT2D eigenvalue weighted by molar-refractivity contribution is 6.31. The molecule has 0 radical (unpaired) electrons. The fourth-order valence-electron chi connectivity index (χ4n) is 1.52. The number of nitrogens with one attached hydrogen (secondary N) is 1. The van der Waals surface area contributed by atoms with Gasteiger partial charge in [0, 0.05) is 13.0 Å². The largest absolute Gasteiger partial charge is 0.471 e. The van der Waals surface area contributed by atoms with Crippen LogP contribution in [0.5, 0.6) is 5.88 Å². The second-order valence-corrected chi connectivity index (χ2v) is 4.28. The van der Waals surface area contributed by atoms with Gasteiger partial charge < -0.3 is 14.8 Å². The van der Waals surface area contributed by atoms with Gasteiger partial charge in [-0.1, -0.05) is 18.5 Å². The summed E-state index contributed by atoms with van der Waals surface area (Å²) < 4.78 is 10.9. The number of nitrogens with zero attached hydrogens (tertiary/aromatic N) is 2. The molecule has 1 saturated heterocycles. The van der Waals surface area contributed by atoms with Crippen molar-refractivity contribution in [2.75, 3.05) is 25.1 Å². The predicted octanol–water partition coefficient (Wildman–Crippen LogP) is 2.12. The highest BCUT2D eigenvalue weighted by Gasteiger charge is 2.19. The van der Waals surface area contributed by atoms with Crippen LogP contribution < -0.4 is 10.1 Å². The number of hydrogen-bond donors (Lipinski definition) is 1. The van der Waals surface area contributed by atoms with Crippen molar-refractivity contribution in [2.24, 2.45) is 0 Å². The number of halogens is 1. The molecule has 1 N–H and O–H groups in total. The van der Waals surface area contributed by atoms with Gasteiger partial charge in [0.15, 0.2) is 0 Å². The lowest BCUT2D eigenvalue weighted by molar-refractivity contribution is 0.138. The van der Waals surface area contributed by atoms with Crippen molar-refractivity contribution < 1.29 is 9.47 Å². The van der Waals surface area contributed by atoms with Crippen LogP contribution in [0.4, 0.5) is 5.95 Å². The van der Waals surface area contributed by atoms with Crippen LogP contribution in [0, 0.1) is 0 Å². The predicted molar refractivity (Wildman–Crippen MR) is 65.7 cm³/mol. The zero-order valence-electron chi connectivity index (χ0n) is 9.78. The first-order chi connectivity index (χ1) is 8.29. The molecule has 0 spiro atoms. The van der Waals surface area contributed by atoms with E-state index in [9.17, 15) is 0 Å². The Morgan fingerprint density at radius 2 is 2.53 bits per heavy atom. The highest BCUT2D eigenvalue weighted by atomic mass is 35.5. The fraction of sp³-hybridized carbons (Fsp3) is 0.636. The maximum absolute atomic E-state index is 5.99. The molecule has 0 bridgehead atoms. The second-order valence-electron chi connectivity index (χ2n) is 3.88. The number of rotatable bonds is 5. The molecule has 0 saturated carbocycles. The van der Waals surface area contributed by atoms with Crippen molar-refractivity contribution in [3.05, 3.63) is 11.2 Å². The maximum atomic E-state index is 5.99. The fourth-order valence-corrected chi connectivity index (χ4v) is 1.66. The van der Waals surface area contributed by atoms with Crippen LogP contribution in [0.1, 0.15) is 19.8 Å². The quantitative estimate of drug-likeness (QED) is 0.876. The lowest BCUT2D eigenvalue weighted by Gasteiger charge is -2.12. The Morgan fingerprint density at radius 1 is 1.65 bits per heavy atom. The number of aromatic nitrogens is 2. The van der Waals surface area contributed by atoms with Gasteiger partial charge in [-0.3, -0.25) is 0 Å². The van der Waals surface area contributed by atoms with Crippen molar-refractivity contribution in [1.82, 2.24) is 9.97 Å². The Hall–Kier alpha value is -1.07. The highest BCUT2D eigenvalue weighted by Crippen LogP contribution is 2.24. The minimum Gasteiger partial charge on any atom is -0.471 e. The number of anilines is 1. The number of ether oxygens (including phenoxy) is 2. The van der Waals surface area contributed by atoms with E-state index in [4.69, 9.17) is 21.1 Å². The molecule has 1 aliphatic heterocycles. The van der Waals surface area contributed by atoms with Crippen LogP contribution in [-0.2, 0) is 4.74 Å². The van der Waals surface area contributed by atoms with E-state index in [2.05, 4.69) is 22.2 Å². The van der Waals surface area contributed by atoms with Crippen molar-refractivity contribution in [2.45, 2.75) is 25.9 Å². The Kier molecular flexibility index (Phi) is 4.39. The lowest BCUT2D eigenvalue weighted by atomic mass is 10.3. The molecule has 1 atom stereocenters. The van der Waals surface area contributed by atoms with Gasteiger partial charge in [0.05, 0.1) is 19.4 Å². The Morgan fingerprint density at radius 3 is 3.24 bits per heavy atom. The monoisotopic (exact) mass is 257 g/mol. The average Bonchev–Trinajstić information content (AvgIpc) is 2.83. The average molecular weight is 258 g/mol. The van der Waals surface area contributed by atoms with Crippen LogP contribution >= 0.6 is 11.6 Å². The van der Waals surface area contributed by atoms with Gasteiger partial charge in [0.2, 0.25) is 11.8 Å². The standard InChI is InChI=1S/C11H16ClN3O2/c1-2-4-13-11-14-6-9(12)10(15-11)17-8-3-5-16-7-8/h6,8H,2-5,7H2,1H3,(H,13,14,15). The first-order valence-electron chi connectivity index (χ1n) is 5.80. The Bertz CT molecular complexity index is 370. The van der Waals surface area contributed by atoms with Gasteiger partial charge in [0.1, 0.15) is 11.1 Å². The van der Waals surface area contributed by atoms with Crippen LogP contribution in [0.2, 0.25) is 5.02 Å². The van der Waals surface area contributed by atoms with Gasteiger partial charge >= 0.3 is 0 Å². The number of hydrogen-bond acceptors (Lipinski definition) is 5. The van der Waals surface area contributed by atoms with Crippen molar-refractivity contribution in [3.8, 4) is 5.88 Å². The molecular weight excluding hydrogens is 242 g/mol. The first-order valence-corrected chi connectivity index (χ1v) is 6.18. The van der Waals surface area contributed by atoms with E-state index in [-0.39, 0.29) is 6.10 Å². The van der Waals surface area contributed by atoms with Crippen molar-refractivity contribution in [3.63, 3.8) is 0 Å². The molecule has 2 heterocycles. The maximum Gasteiger partial charge on any atom is 0.237 e. The normalized spacial score (nSPS) is 19.3. The van der Waals surface area contributed by atoms with E-state index in [1.807, 2.05) is 0 Å². The van der Waals surface area contributed by atoms with Crippen LogP contribution in [0.15, 0.2) is 6.20 Å². The molecule has 0 aromatic carbocycles. The van der Waals surface area contributed by atoms with Gasteiger partial charge in [-0.15, -0.1) is 0 Å². The third-order valence-corrected chi connectivity index (χ3v) is 2.67. The van der Waals surface area contributed by atoms with Crippen molar-refractivity contribution in [1.29, 1.82) is 0 Å². The summed E-state index contributed by atoms with van der Waals surface area (Å²) in [5.74, 6) is 0.973. The third-order valence-electron chi connectivity index (χ3n) is 2.41. The smallest absolute Gasteiger partial charge is 0.237 e. The lowest BCUT2D eigenvalue weighted by Crippen LogP contribution is -2.17. The van der Waals surface area contributed by atoms with Gasteiger partial charge in [-0.05, 0) is 6.42 Å². The molecule has 5 nitrogen and oxygen atoms in total. The molecule has 1 aromatic rings. The molecule has 0 amide bonds. The molecular formula is C11H16ClN3O2. The zero-order valence-corrected chi connectivity index (χ0v) is 10.5. The van der Waals surface area contributed by atoms with E-state index >= 15 is 0 Å². The van der Waals surface area contributed by atoms with Crippen LogP contribution in [0.3, 0.4) is 0 Å². The third kappa shape index (κ3) is 3.44. The summed E-state index contributed by atoms with van der Waals surface area (Å²) in [6, 6.07) is 0. The van der Waals surface area contributed by atoms with E-state index in [1.165, 1.54) is 0 Å². The molecule has 1 unspecified atom stereocenters. The van der Waals surface area contributed by atoms with Crippen LogP contribution in [0.25, 0.3) is 0 Å². The van der Waals surface area contributed by atoms with Crippen LogP contribution in [-0.4, -0.2) is 35.8 Å². The van der Waals surface area contributed by atoms with Gasteiger partial charge in [0.25, 0.3) is 0 Å². The molecule has 94 valence electrons. The van der Waals surface area contributed by atoms with Crippen molar-refractivity contribution >= 4 is 17.5 Å². The molecule has 1 fully saturated rings. The van der Waals surface area contributed by atoms with E-state index in [1.54, 1.807) is 6.20 Å². The zero-order chi connectivity index (χ0) is 12.1. The Labute approximate surface area is 105 Å². The molecule has 1 aromatic heterocycles. The molecule has 2 rings (SSSR count). The summed E-state index contributed by atoms with van der Waals surface area (Å²) in [7, 11) is 0. The minimum absolute atomic E-state index is 0.0430. The molecule has 1 aliphatic rings. The van der Waals surface area contributed by atoms with E-state index < -0.39 is 0 Å². The first kappa shape index (κ1) is 12.4. The SMILES string of the molecule is CCCNc1ncc(Cl)c(OC2CCOC2)n1. The summed E-state index contributed by atoms with van der Waals surface area (Å²) >= 11 is 5.99. The molecule has 6 heteroatoms. The van der Waals surface area contributed by atoms with Gasteiger partial charge in [-0.25, -0.2) is 4.98 Å². The summed E-state index contributed by atoms with van der Waals surface area (Å²) in [5, 5.41) is 3.52. The van der Waals surface area contributed by atoms with Gasteiger partial charge in [-0.2, -0.15) is 4.98 Å².